The molecule has 78 valence electrons. The van der Waals surface area contributed by atoms with Crippen LogP contribution in [0.4, 0.5) is 0 Å². The zero-order chi connectivity index (χ0) is 9.26. The Bertz CT molecular complexity index is 291. The summed E-state index contributed by atoms with van der Waals surface area (Å²) in [6.07, 6.45) is 5.56. The Morgan fingerprint density at radius 2 is 1.93 bits per heavy atom. The highest BCUT2D eigenvalue weighted by molar-refractivity contribution is 6.35. The van der Waals surface area contributed by atoms with E-state index in [1.807, 2.05) is 0 Å². The van der Waals surface area contributed by atoms with Crippen LogP contribution in [-0.4, -0.2) is 11.5 Å². The van der Waals surface area contributed by atoms with Gasteiger partial charge in [-0.05, 0) is 19.4 Å². The second-order valence-corrected chi connectivity index (χ2v) is 3.98. The van der Waals surface area contributed by atoms with Crippen LogP contribution in [0.2, 0.25) is 10.0 Å². The summed E-state index contributed by atoms with van der Waals surface area (Å²) in [6.45, 7) is 1.04. The second kappa shape index (κ2) is 5.17. The van der Waals surface area contributed by atoms with Gasteiger partial charge in [0.2, 0.25) is 0 Å². The summed E-state index contributed by atoms with van der Waals surface area (Å²) in [5, 5.41) is 4.68. The van der Waals surface area contributed by atoms with Crippen LogP contribution in [0.3, 0.4) is 0 Å². The monoisotopic (exact) mass is 252 g/mol. The van der Waals surface area contributed by atoms with Crippen molar-refractivity contribution in [2.24, 2.45) is 0 Å². The van der Waals surface area contributed by atoms with Crippen LogP contribution in [0.15, 0.2) is 12.4 Å². The summed E-state index contributed by atoms with van der Waals surface area (Å²) in [6, 6.07) is 0.308. The van der Waals surface area contributed by atoms with E-state index in [-0.39, 0.29) is 12.4 Å². The molecule has 1 saturated heterocycles. The van der Waals surface area contributed by atoms with Crippen molar-refractivity contribution in [2.45, 2.75) is 18.9 Å². The molecule has 1 aromatic rings. The third-order valence-electron chi connectivity index (χ3n) is 2.30. The number of halogens is 3. The second-order valence-electron chi connectivity index (χ2n) is 3.17. The van der Waals surface area contributed by atoms with Gasteiger partial charge in [-0.1, -0.05) is 23.2 Å². The lowest BCUT2D eigenvalue weighted by atomic mass is 10.1. The maximum Gasteiger partial charge on any atom is 0.0652 e. The molecule has 2 rings (SSSR count). The molecule has 0 bridgehead atoms. The SMILES string of the molecule is Cl.Clc1cncc(Cl)c1[C@H]1CCCN1. The van der Waals surface area contributed by atoms with Crippen LogP contribution in [0.25, 0.3) is 0 Å². The standard InChI is InChI=1S/C9H10Cl2N2.ClH/c10-6-4-12-5-7(11)9(6)8-2-1-3-13-8;/h4-5,8,13H,1-3H2;1H/t8-;/m1./s1. The van der Waals surface area contributed by atoms with E-state index in [0.717, 1.165) is 18.5 Å². The third-order valence-corrected chi connectivity index (χ3v) is 2.90. The van der Waals surface area contributed by atoms with Gasteiger partial charge in [-0.25, -0.2) is 0 Å². The van der Waals surface area contributed by atoms with Crippen LogP contribution in [-0.2, 0) is 0 Å². The van der Waals surface area contributed by atoms with Crippen molar-refractivity contribution in [1.29, 1.82) is 0 Å². The molecular formula is C9H11Cl3N2. The lowest BCUT2D eigenvalue weighted by Crippen LogP contribution is -2.13. The lowest BCUT2D eigenvalue weighted by molar-refractivity contribution is 0.647. The Balaban J connectivity index is 0.000000980. The largest absolute Gasteiger partial charge is 0.310 e. The van der Waals surface area contributed by atoms with E-state index in [4.69, 9.17) is 23.2 Å². The van der Waals surface area contributed by atoms with E-state index < -0.39 is 0 Å². The Morgan fingerprint density at radius 3 is 2.43 bits per heavy atom. The van der Waals surface area contributed by atoms with Crippen molar-refractivity contribution in [2.75, 3.05) is 6.54 Å². The van der Waals surface area contributed by atoms with Crippen LogP contribution in [0.5, 0.6) is 0 Å². The number of aromatic nitrogens is 1. The summed E-state index contributed by atoms with van der Waals surface area (Å²) >= 11 is 12.0. The molecule has 1 N–H and O–H groups in total. The normalized spacial score (nSPS) is 20.6. The minimum Gasteiger partial charge on any atom is -0.310 e. The van der Waals surface area contributed by atoms with Gasteiger partial charge >= 0.3 is 0 Å². The predicted octanol–water partition coefficient (Wildman–Crippen LogP) is 3.23. The molecule has 1 aromatic heterocycles. The molecule has 1 aliphatic rings. The van der Waals surface area contributed by atoms with Gasteiger partial charge < -0.3 is 5.32 Å². The molecule has 2 heterocycles. The molecular weight excluding hydrogens is 242 g/mol. The van der Waals surface area contributed by atoms with Crippen LogP contribution in [0.1, 0.15) is 24.4 Å². The molecule has 5 heteroatoms. The first-order valence-electron chi connectivity index (χ1n) is 4.31. The highest BCUT2D eigenvalue weighted by Crippen LogP contribution is 2.33. The molecule has 0 radical (unpaired) electrons. The van der Waals surface area contributed by atoms with E-state index in [1.54, 1.807) is 12.4 Å². The summed E-state index contributed by atoms with van der Waals surface area (Å²) in [5.74, 6) is 0. The van der Waals surface area contributed by atoms with Crippen molar-refractivity contribution < 1.29 is 0 Å². The van der Waals surface area contributed by atoms with E-state index >= 15 is 0 Å². The van der Waals surface area contributed by atoms with Gasteiger partial charge in [0.05, 0.1) is 10.0 Å². The first-order valence-corrected chi connectivity index (χ1v) is 5.07. The summed E-state index contributed by atoms with van der Waals surface area (Å²) in [7, 11) is 0. The summed E-state index contributed by atoms with van der Waals surface area (Å²) in [5.41, 5.74) is 0.996. The highest BCUT2D eigenvalue weighted by atomic mass is 35.5. The van der Waals surface area contributed by atoms with Crippen molar-refractivity contribution >= 4 is 35.6 Å². The molecule has 0 aliphatic carbocycles. The molecule has 2 nitrogen and oxygen atoms in total. The molecule has 1 fully saturated rings. The van der Waals surface area contributed by atoms with Gasteiger partial charge in [0.1, 0.15) is 0 Å². The van der Waals surface area contributed by atoms with Gasteiger partial charge in [-0.2, -0.15) is 0 Å². The van der Waals surface area contributed by atoms with E-state index in [9.17, 15) is 0 Å². The Kier molecular flexibility index (Phi) is 4.45. The molecule has 1 aliphatic heterocycles. The van der Waals surface area contributed by atoms with Gasteiger partial charge in [0, 0.05) is 24.0 Å². The van der Waals surface area contributed by atoms with Gasteiger partial charge in [-0.3, -0.25) is 4.98 Å². The lowest BCUT2D eigenvalue weighted by Gasteiger charge is -2.13. The first-order chi connectivity index (χ1) is 6.29. The van der Waals surface area contributed by atoms with Crippen molar-refractivity contribution in [3.05, 3.63) is 28.0 Å². The van der Waals surface area contributed by atoms with E-state index in [1.165, 1.54) is 6.42 Å². The minimum absolute atomic E-state index is 0. The molecule has 0 saturated carbocycles. The highest BCUT2D eigenvalue weighted by Gasteiger charge is 2.21. The Hall–Kier alpha value is -0.0200. The number of pyridine rings is 1. The predicted molar refractivity (Wildman–Crippen MR) is 61.5 cm³/mol. The minimum atomic E-state index is 0. The van der Waals surface area contributed by atoms with Crippen LogP contribution < -0.4 is 5.32 Å². The van der Waals surface area contributed by atoms with E-state index in [2.05, 4.69) is 10.3 Å². The maximum atomic E-state index is 6.02. The van der Waals surface area contributed by atoms with Gasteiger partial charge in [-0.15, -0.1) is 12.4 Å². The quantitative estimate of drug-likeness (QED) is 0.831. The van der Waals surface area contributed by atoms with Crippen molar-refractivity contribution in [3.8, 4) is 0 Å². The van der Waals surface area contributed by atoms with Gasteiger partial charge in [0.25, 0.3) is 0 Å². The zero-order valence-electron chi connectivity index (χ0n) is 7.46. The molecule has 0 aromatic carbocycles. The fourth-order valence-electron chi connectivity index (χ4n) is 1.69. The van der Waals surface area contributed by atoms with Gasteiger partial charge in [0.15, 0.2) is 0 Å². The number of rotatable bonds is 1. The van der Waals surface area contributed by atoms with Crippen molar-refractivity contribution in [1.82, 2.24) is 10.3 Å². The smallest absolute Gasteiger partial charge is 0.0652 e. The number of nitrogens with one attached hydrogen (secondary N) is 1. The molecule has 0 amide bonds. The van der Waals surface area contributed by atoms with Crippen LogP contribution in [0, 0.1) is 0 Å². The molecule has 0 spiro atoms. The molecule has 14 heavy (non-hydrogen) atoms. The number of hydrogen-bond donors (Lipinski definition) is 1. The summed E-state index contributed by atoms with van der Waals surface area (Å²) in [4.78, 5) is 3.92. The fraction of sp³-hybridized carbons (Fsp3) is 0.444. The van der Waals surface area contributed by atoms with Crippen molar-refractivity contribution in [3.63, 3.8) is 0 Å². The topological polar surface area (TPSA) is 24.9 Å². The first kappa shape index (κ1) is 12.1. The Labute approximate surface area is 99.4 Å². The molecule has 1 atom stereocenters. The average Bonchev–Trinajstić information content (AvgIpc) is 2.57. The fourth-order valence-corrected chi connectivity index (χ4v) is 2.31. The average molecular weight is 254 g/mol. The van der Waals surface area contributed by atoms with Crippen LogP contribution >= 0.6 is 35.6 Å². The number of hydrogen-bond acceptors (Lipinski definition) is 2. The number of nitrogens with zero attached hydrogens (tertiary/aromatic N) is 1. The molecule has 0 unspecified atom stereocenters. The zero-order valence-corrected chi connectivity index (χ0v) is 9.79. The maximum absolute atomic E-state index is 6.02. The third kappa shape index (κ3) is 2.31. The van der Waals surface area contributed by atoms with E-state index in [0.29, 0.717) is 16.1 Å². The summed E-state index contributed by atoms with van der Waals surface area (Å²) < 4.78 is 0. The Morgan fingerprint density at radius 1 is 1.29 bits per heavy atom.